The Balaban J connectivity index is 1.18. The fourth-order valence-corrected chi connectivity index (χ4v) is 10.9. The first-order valence-corrected chi connectivity index (χ1v) is 19.6. The van der Waals surface area contributed by atoms with Crippen molar-refractivity contribution < 1.29 is 41.4 Å². The highest BCUT2D eigenvalue weighted by atomic mass is 32.7. The van der Waals surface area contributed by atoms with Crippen LogP contribution in [0.25, 0.3) is 22.3 Å². The number of ether oxygens (including phenoxy) is 2. The number of nitrogens with zero attached hydrogens (tertiary/aromatic N) is 8. The number of nitrogens with two attached hydrogens (primary N) is 2. The van der Waals surface area contributed by atoms with Crippen LogP contribution in [-0.2, 0) is 43.9 Å². The minimum Gasteiger partial charge on any atom is -0.382 e. The SMILES string of the molecule is CC(C)SP1(=O)OCC2O[C@@H](n3cnc4c(N)ncnc43)[C@H](F)[C@@H]2OP(O)(=S)OCC2O[C@@H](n3cnc4c(N)ncnc43)C[C@@H]2O1. The number of hydrogen-bond acceptors (Lipinski definition) is 17. The average molecular weight is 719 g/mol. The maximum atomic E-state index is 16.2. The number of alkyl halides is 1. The Morgan fingerprint density at radius 3 is 2.24 bits per heavy atom. The zero-order chi connectivity index (χ0) is 32.4. The second-order valence-electron chi connectivity index (χ2n) is 10.9. The summed E-state index contributed by atoms with van der Waals surface area (Å²) in [5.74, 6) is 0.289. The number of nitrogen functional groups attached to an aromatic ring is 2. The van der Waals surface area contributed by atoms with Crippen molar-refractivity contribution in [1.82, 2.24) is 39.0 Å². The van der Waals surface area contributed by atoms with E-state index in [0.717, 1.165) is 11.4 Å². The van der Waals surface area contributed by atoms with Crippen LogP contribution in [-0.4, -0.2) is 93.0 Å². The molecule has 0 saturated carbocycles. The number of imidazole rings is 2. The number of hydrogen-bond donors (Lipinski definition) is 3. The van der Waals surface area contributed by atoms with Crippen LogP contribution < -0.4 is 11.5 Å². The van der Waals surface area contributed by atoms with Crippen molar-refractivity contribution in [3.63, 3.8) is 0 Å². The van der Waals surface area contributed by atoms with Crippen molar-refractivity contribution in [2.75, 3.05) is 24.7 Å². The summed E-state index contributed by atoms with van der Waals surface area (Å²) in [7, 11) is 0. The van der Waals surface area contributed by atoms with E-state index < -0.39 is 63.2 Å². The van der Waals surface area contributed by atoms with E-state index in [2.05, 4.69) is 29.9 Å². The molecule has 9 atom stereocenters. The van der Waals surface area contributed by atoms with Gasteiger partial charge in [0.25, 0.3) is 0 Å². The minimum absolute atomic E-state index is 0.0971. The molecule has 4 aromatic heterocycles. The zero-order valence-corrected chi connectivity index (χ0v) is 27.6. The molecule has 0 aliphatic carbocycles. The summed E-state index contributed by atoms with van der Waals surface area (Å²) < 4.78 is 69.2. The Morgan fingerprint density at radius 2 is 1.57 bits per heavy atom. The van der Waals surface area contributed by atoms with Crippen molar-refractivity contribution in [1.29, 1.82) is 0 Å². The molecule has 0 aromatic carbocycles. The van der Waals surface area contributed by atoms with Gasteiger partial charge in [-0.25, -0.2) is 38.9 Å². The summed E-state index contributed by atoms with van der Waals surface area (Å²) in [4.78, 5) is 35.8. The Morgan fingerprint density at radius 1 is 0.935 bits per heavy atom. The molecule has 5 N–H and O–H groups in total. The standard InChI is InChI=1S/C23H29FN10O8P2S2/c1-10(2)46-44(36)38-5-13-18(15(24)23(40-13)34-9-32-17-20(26)28-7-30-22(17)34)42-43(35,45)37-4-12-11(41-44)3-14(39-12)33-8-31-16-19(25)27-6-29-21(16)33/h6-15,18,23H,3-5H2,1-2H3,(H,35,45)(H2,25,27,29)(H2,26,28,30)/t11-,12?,13?,14+,15+,18+,23+,43?,44?/m0/s1. The largest absolute Gasteiger partial charge is 0.389 e. The molecule has 3 saturated heterocycles. The highest BCUT2D eigenvalue weighted by molar-refractivity contribution is 8.55. The second kappa shape index (κ2) is 12.2. The van der Waals surface area contributed by atoms with Crippen molar-refractivity contribution in [2.24, 2.45) is 0 Å². The van der Waals surface area contributed by atoms with Crippen LogP contribution in [0.15, 0.2) is 25.3 Å². The smallest absolute Gasteiger partial charge is 0.382 e. The lowest BCUT2D eigenvalue weighted by molar-refractivity contribution is -0.0560. The zero-order valence-electron chi connectivity index (χ0n) is 24.2. The van der Waals surface area contributed by atoms with Gasteiger partial charge in [-0.15, -0.1) is 0 Å². The third-order valence-electron chi connectivity index (χ3n) is 7.46. The third kappa shape index (κ3) is 6.03. The van der Waals surface area contributed by atoms with Gasteiger partial charge in [0.05, 0.1) is 25.9 Å². The van der Waals surface area contributed by atoms with Crippen LogP contribution in [0.2, 0.25) is 0 Å². The first kappa shape index (κ1) is 32.1. The quantitative estimate of drug-likeness (QED) is 0.257. The lowest BCUT2D eigenvalue weighted by Crippen LogP contribution is -2.35. The summed E-state index contributed by atoms with van der Waals surface area (Å²) in [6.45, 7) is -5.20. The molecule has 0 amide bonds. The van der Waals surface area contributed by atoms with Gasteiger partial charge in [0, 0.05) is 11.7 Å². The Labute approximate surface area is 269 Å². The van der Waals surface area contributed by atoms with Crippen LogP contribution in [0.1, 0.15) is 32.7 Å². The molecule has 7 heterocycles. The molecular formula is C23H29FN10O8P2S2. The van der Waals surface area contributed by atoms with Gasteiger partial charge in [0.1, 0.15) is 54.3 Å². The predicted molar refractivity (Wildman–Crippen MR) is 165 cm³/mol. The number of fused-ring (bicyclic) bond motifs is 4. The van der Waals surface area contributed by atoms with E-state index in [4.69, 9.17) is 50.8 Å². The number of anilines is 2. The molecule has 248 valence electrons. The maximum Gasteiger partial charge on any atom is 0.389 e. The Bertz CT molecular complexity index is 1870. The van der Waals surface area contributed by atoms with Crippen LogP contribution in [0.5, 0.6) is 0 Å². The summed E-state index contributed by atoms with van der Waals surface area (Å²) in [5, 5.41) is -0.187. The minimum atomic E-state index is -4.11. The van der Waals surface area contributed by atoms with Gasteiger partial charge in [0.2, 0.25) is 0 Å². The van der Waals surface area contributed by atoms with E-state index in [0.29, 0.717) is 11.2 Å². The van der Waals surface area contributed by atoms with Gasteiger partial charge in [0.15, 0.2) is 35.3 Å². The first-order chi connectivity index (χ1) is 21.9. The van der Waals surface area contributed by atoms with Crippen molar-refractivity contribution in [2.45, 2.75) is 68.6 Å². The predicted octanol–water partition coefficient (Wildman–Crippen LogP) is 2.64. The molecule has 0 radical (unpaired) electrons. The summed E-state index contributed by atoms with van der Waals surface area (Å²) in [5.41, 5.74) is 13.1. The van der Waals surface area contributed by atoms with Gasteiger partial charge in [-0.3, -0.25) is 22.7 Å². The third-order valence-corrected chi connectivity index (χ3v) is 13.3. The monoisotopic (exact) mass is 718 g/mol. The Kier molecular flexibility index (Phi) is 8.55. The molecule has 3 aliphatic heterocycles. The van der Waals surface area contributed by atoms with Crippen LogP contribution >= 0.6 is 24.9 Å². The van der Waals surface area contributed by atoms with E-state index in [9.17, 15) is 9.46 Å². The van der Waals surface area contributed by atoms with Crippen LogP contribution in [0.4, 0.5) is 16.0 Å². The van der Waals surface area contributed by atoms with E-state index in [1.165, 1.54) is 29.9 Å². The molecule has 4 unspecified atom stereocenters. The number of aromatic nitrogens is 8. The summed E-state index contributed by atoms with van der Waals surface area (Å²) in [6.07, 6.45) is -2.98. The normalized spacial score (nSPS) is 35.6. The van der Waals surface area contributed by atoms with Crippen molar-refractivity contribution in [3.8, 4) is 0 Å². The molecule has 23 heteroatoms. The van der Waals surface area contributed by atoms with Crippen molar-refractivity contribution >= 4 is 70.7 Å². The maximum absolute atomic E-state index is 16.2. The molecule has 3 fully saturated rings. The fraction of sp³-hybridized carbons (Fsp3) is 0.565. The van der Waals surface area contributed by atoms with Crippen molar-refractivity contribution in [3.05, 3.63) is 25.3 Å². The molecular weight excluding hydrogens is 689 g/mol. The van der Waals surface area contributed by atoms with Gasteiger partial charge in [-0.05, 0) is 23.2 Å². The lowest BCUT2D eigenvalue weighted by Gasteiger charge is -2.30. The van der Waals surface area contributed by atoms with E-state index in [1.807, 2.05) is 13.8 Å². The van der Waals surface area contributed by atoms with Crippen LogP contribution in [0.3, 0.4) is 0 Å². The van der Waals surface area contributed by atoms with E-state index in [1.54, 1.807) is 4.57 Å². The molecule has 0 spiro atoms. The Hall–Kier alpha value is -2.42. The molecule has 7 rings (SSSR count). The number of rotatable bonds is 4. The highest BCUT2D eigenvalue weighted by Crippen LogP contribution is 2.65. The first-order valence-electron chi connectivity index (χ1n) is 14.0. The van der Waals surface area contributed by atoms with Gasteiger partial charge in [-0.2, -0.15) is 0 Å². The molecule has 4 aromatic rings. The summed E-state index contributed by atoms with van der Waals surface area (Å²) in [6, 6.07) is 0. The number of halogens is 1. The lowest BCUT2D eigenvalue weighted by atomic mass is 10.1. The molecule has 46 heavy (non-hydrogen) atoms. The molecule has 18 nitrogen and oxygen atoms in total. The average Bonchev–Trinajstić information content (AvgIpc) is 3.76. The fourth-order valence-electron chi connectivity index (χ4n) is 5.47. The van der Waals surface area contributed by atoms with E-state index in [-0.39, 0.29) is 41.1 Å². The second-order valence-corrected chi connectivity index (χ2v) is 18.2. The molecule has 3 aliphatic rings. The highest BCUT2D eigenvalue weighted by Gasteiger charge is 2.52. The molecule has 0 bridgehead atoms. The topological polar surface area (TPSA) is 232 Å². The van der Waals surface area contributed by atoms with Gasteiger partial charge in [-0.1, -0.05) is 13.8 Å². The van der Waals surface area contributed by atoms with E-state index >= 15 is 4.39 Å². The van der Waals surface area contributed by atoms with Gasteiger partial charge >= 0.3 is 13.5 Å². The summed E-state index contributed by atoms with van der Waals surface area (Å²) >= 11 is 6.26. The van der Waals surface area contributed by atoms with Gasteiger partial charge < -0.3 is 30.4 Å². The van der Waals surface area contributed by atoms with Crippen LogP contribution in [0, 0.1) is 0 Å².